The van der Waals surface area contributed by atoms with Crippen LogP contribution in [0.1, 0.15) is 34.6 Å². The minimum absolute atomic E-state index is 0.245. The third kappa shape index (κ3) is 5.19. The Morgan fingerprint density at radius 1 is 1.43 bits per heavy atom. The minimum Gasteiger partial charge on any atom is -0.319 e. The van der Waals surface area contributed by atoms with E-state index in [9.17, 15) is 4.79 Å². The van der Waals surface area contributed by atoms with Gasteiger partial charge in [-0.3, -0.25) is 9.63 Å². The first kappa shape index (κ1) is 13.4. The van der Waals surface area contributed by atoms with E-state index in [-0.39, 0.29) is 11.3 Å². The Hall–Kier alpha value is -0.610. The number of carbonyl (C=O) groups excluding carboxylic acids is 1. The van der Waals surface area contributed by atoms with Crippen molar-refractivity contribution in [3.8, 4) is 0 Å². The molecule has 0 aliphatic carbocycles. The van der Waals surface area contributed by atoms with Crippen molar-refractivity contribution < 1.29 is 9.63 Å². The van der Waals surface area contributed by atoms with E-state index in [1.807, 2.05) is 34.6 Å². The van der Waals surface area contributed by atoms with Crippen LogP contribution in [0.25, 0.3) is 0 Å². The van der Waals surface area contributed by atoms with Crippen molar-refractivity contribution >= 4 is 5.91 Å². The number of nitrogens with one attached hydrogen (secondary N) is 1. The lowest BCUT2D eigenvalue weighted by Crippen LogP contribution is -2.48. The third-order valence-corrected chi connectivity index (χ3v) is 1.80. The zero-order chi connectivity index (χ0) is 11.4. The maximum atomic E-state index is 11.4. The first-order valence-corrected chi connectivity index (χ1v) is 4.92. The molecular formula is C10H22N2O2. The Balaban J connectivity index is 3.86. The van der Waals surface area contributed by atoms with Crippen molar-refractivity contribution in [2.24, 2.45) is 17.1 Å². The summed E-state index contributed by atoms with van der Waals surface area (Å²) in [7, 11) is 0. The van der Waals surface area contributed by atoms with E-state index >= 15 is 0 Å². The van der Waals surface area contributed by atoms with Gasteiger partial charge in [-0.25, -0.2) is 5.48 Å². The summed E-state index contributed by atoms with van der Waals surface area (Å²) >= 11 is 0. The SMILES string of the molecule is CC(C)CONC(=O)C(N)C(C)(C)C. The highest BCUT2D eigenvalue weighted by atomic mass is 16.7. The van der Waals surface area contributed by atoms with Crippen LogP contribution < -0.4 is 11.2 Å². The second kappa shape index (κ2) is 5.32. The summed E-state index contributed by atoms with van der Waals surface area (Å²) in [6.07, 6.45) is 0. The zero-order valence-electron chi connectivity index (χ0n) is 9.76. The quantitative estimate of drug-likeness (QED) is 0.670. The first-order valence-electron chi connectivity index (χ1n) is 4.92. The number of hydrogen-bond acceptors (Lipinski definition) is 3. The van der Waals surface area contributed by atoms with Crippen LogP contribution >= 0.6 is 0 Å². The lowest BCUT2D eigenvalue weighted by Gasteiger charge is -2.25. The average Bonchev–Trinajstić information content (AvgIpc) is 2.00. The number of carbonyl (C=O) groups is 1. The Morgan fingerprint density at radius 2 is 1.93 bits per heavy atom. The third-order valence-electron chi connectivity index (χ3n) is 1.80. The van der Waals surface area contributed by atoms with Crippen LogP contribution in [0.5, 0.6) is 0 Å². The molecule has 14 heavy (non-hydrogen) atoms. The molecule has 0 aromatic carbocycles. The smallest absolute Gasteiger partial charge is 0.260 e. The van der Waals surface area contributed by atoms with E-state index in [2.05, 4.69) is 5.48 Å². The average molecular weight is 202 g/mol. The molecule has 3 N–H and O–H groups in total. The maximum Gasteiger partial charge on any atom is 0.260 e. The van der Waals surface area contributed by atoms with Gasteiger partial charge in [-0.2, -0.15) is 0 Å². The van der Waals surface area contributed by atoms with E-state index in [4.69, 9.17) is 10.6 Å². The van der Waals surface area contributed by atoms with Gasteiger partial charge in [0.1, 0.15) is 0 Å². The van der Waals surface area contributed by atoms with E-state index in [1.165, 1.54) is 0 Å². The van der Waals surface area contributed by atoms with Gasteiger partial charge < -0.3 is 5.73 Å². The molecule has 0 aromatic heterocycles. The number of nitrogens with two attached hydrogens (primary N) is 1. The summed E-state index contributed by atoms with van der Waals surface area (Å²) in [6.45, 7) is 10.3. The van der Waals surface area contributed by atoms with Gasteiger partial charge in [-0.05, 0) is 11.3 Å². The summed E-state index contributed by atoms with van der Waals surface area (Å²) in [6, 6.07) is -0.547. The monoisotopic (exact) mass is 202 g/mol. The van der Waals surface area contributed by atoms with Gasteiger partial charge in [0.15, 0.2) is 0 Å². The molecule has 0 spiro atoms. The molecule has 0 rings (SSSR count). The number of amides is 1. The molecule has 0 aliphatic heterocycles. The Kier molecular flexibility index (Phi) is 5.08. The molecule has 0 bridgehead atoms. The van der Waals surface area contributed by atoms with Gasteiger partial charge in [0, 0.05) is 0 Å². The van der Waals surface area contributed by atoms with Crippen LogP contribution in [-0.2, 0) is 9.63 Å². The van der Waals surface area contributed by atoms with E-state index in [0.29, 0.717) is 12.5 Å². The summed E-state index contributed by atoms with van der Waals surface area (Å²) in [5, 5.41) is 0. The second-order valence-electron chi connectivity index (χ2n) is 5.01. The highest BCUT2D eigenvalue weighted by Gasteiger charge is 2.27. The van der Waals surface area contributed by atoms with Crippen LogP contribution in [0.4, 0.5) is 0 Å². The molecule has 0 aromatic rings. The predicted octanol–water partition coefficient (Wildman–Crippen LogP) is 1.06. The topological polar surface area (TPSA) is 64.3 Å². The Bertz CT molecular complexity index is 185. The van der Waals surface area contributed by atoms with Crippen molar-refractivity contribution in [1.82, 2.24) is 5.48 Å². The molecule has 0 saturated heterocycles. The van der Waals surface area contributed by atoms with Gasteiger partial charge >= 0.3 is 0 Å². The van der Waals surface area contributed by atoms with Crippen LogP contribution in [0.2, 0.25) is 0 Å². The largest absolute Gasteiger partial charge is 0.319 e. The lowest BCUT2D eigenvalue weighted by atomic mass is 9.87. The normalized spacial score (nSPS) is 14.2. The molecule has 84 valence electrons. The standard InChI is InChI=1S/C10H22N2O2/c1-7(2)6-14-12-9(13)8(11)10(3,4)5/h7-8H,6,11H2,1-5H3,(H,12,13). The second-order valence-corrected chi connectivity index (χ2v) is 5.01. The van der Waals surface area contributed by atoms with Crippen molar-refractivity contribution in [1.29, 1.82) is 0 Å². The fourth-order valence-electron chi connectivity index (χ4n) is 0.736. The van der Waals surface area contributed by atoms with Gasteiger partial charge in [0.25, 0.3) is 5.91 Å². The Morgan fingerprint density at radius 3 is 2.29 bits per heavy atom. The molecule has 1 atom stereocenters. The Labute approximate surface area is 86.1 Å². The van der Waals surface area contributed by atoms with E-state index < -0.39 is 6.04 Å². The molecular weight excluding hydrogens is 180 g/mol. The predicted molar refractivity (Wildman–Crippen MR) is 56.4 cm³/mol. The highest BCUT2D eigenvalue weighted by molar-refractivity contribution is 5.81. The van der Waals surface area contributed by atoms with Crippen LogP contribution in [-0.4, -0.2) is 18.6 Å². The van der Waals surface area contributed by atoms with Crippen LogP contribution in [0.3, 0.4) is 0 Å². The van der Waals surface area contributed by atoms with Crippen molar-refractivity contribution in [2.75, 3.05) is 6.61 Å². The van der Waals surface area contributed by atoms with E-state index in [1.54, 1.807) is 0 Å². The summed E-state index contributed by atoms with van der Waals surface area (Å²) in [5.41, 5.74) is 7.83. The summed E-state index contributed by atoms with van der Waals surface area (Å²) < 4.78 is 0. The molecule has 1 amide bonds. The first-order chi connectivity index (χ1) is 6.25. The zero-order valence-corrected chi connectivity index (χ0v) is 9.76. The van der Waals surface area contributed by atoms with Crippen LogP contribution in [0.15, 0.2) is 0 Å². The van der Waals surface area contributed by atoms with Crippen molar-refractivity contribution in [3.63, 3.8) is 0 Å². The molecule has 0 heterocycles. The molecule has 0 saturated carbocycles. The van der Waals surface area contributed by atoms with E-state index in [0.717, 1.165) is 0 Å². The maximum absolute atomic E-state index is 11.4. The van der Waals surface area contributed by atoms with Crippen molar-refractivity contribution in [3.05, 3.63) is 0 Å². The summed E-state index contributed by atoms with van der Waals surface area (Å²) in [5.74, 6) is 0.124. The molecule has 4 heteroatoms. The molecule has 0 radical (unpaired) electrons. The fourth-order valence-corrected chi connectivity index (χ4v) is 0.736. The van der Waals surface area contributed by atoms with Crippen LogP contribution in [0, 0.1) is 11.3 Å². The molecule has 1 unspecified atom stereocenters. The van der Waals surface area contributed by atoms with Gasteiger partial charge in [0.05, 0.1) is 12.6 Å². The lowest BCUT2D eigenvalue weighted by molar-refractivity contribution is -0.138. The minimum atomic E-state index is -0.547. The van der Waals surface area contributed by atoms with Gasteiger partial charge in [0.2, 0.25) is 0 Å². The summed E-state index contributed by atoms with van der Waals surface area (Å²) in [4.78, 5) is 16.4. The number of rotatable bonds is 4. The fraction of sp³-hybridized carbons (Fsp3) is 0.900. The van der Waals surface area contributed by atoms with Gasteiger partial charge in [-0.1, -0.05) is 34.6 Å². The molecule has 4 nitrogen and oxygen atoms in total. The van der Waals surface area contributed by atoms with Gasteiger partial charge in [-0.15, -0.1) is 0 Å². The highest BCUT2D eigenvalue weighted by Crippen LogP contribution is 2.16. The molecule has 0 fully saturated rings. The number of hydrogen-bond donors (Lipinski definition) is 2. The number of hydroxylamine groups is 1. The van der Waals surface area contributed by atoms with Crippen molar-refractivity contribution in [2.45, 2.75) is 40.7 Å². The molecule has 0 aliphatic rings.